The van der Waals surface area contributed by atoms with Gasteiger partial charge in [-0.05, 0) is 12.1 Å². The third-order valence-corrected chi connectivity index (χ3v) is 4.06. The molecule has 104 valence electrons. The van der Waals surface area contributed by atoms with Gasteiger partial charge in [0.15, 0.2) is 6.54 Å². The summed E-state index contributed by atoms with van der Waals surface area (Å²) in [6, 6.07) is 10.2. The van der Waals surface area contributed by atoms with Crippen molar-refractivity contribution < 1.29 is 14.4 Å². The molecule has 0 aliphatic carbocycles. The van der Waals surface area contributed by atoms with Crippen LogP contribution >= 0.6 is 11.8 Å². The summed E-state index contributed by atoms with van der Waals surface area (Å²) in [6.07, 6.45) is 0. The zero-order valence-electron chi connectivity index (χ0n) is 11.1. The van der Waals surface area contributed by atoms with Crippen molar-refractivity contribution in [3.05, 3.63) is 30.3 Å². The Morgan fingerprint density at radius 2 is 2.00 bits per heavy atom. The lowest BCUT2D eigenvalue weighted by Crippen LogP contribution is -3.15. The second-order valence-electron chi connectivity index (χ2n) is 4.55. The number of benzene rings is 1. The lowest BCUT2D eigenvalue weighted by molar-refractivity contribution is -0.900. The number of rotatable bonds is 6. The molecule has 1 heterocycles. The van der Waals surface area contributed by atoms with Gasteiger partial charge in [-0.2, -0.15) is 0 Å². The zero-order valence-corrected chi connectivity index (χ0v) is 11.9. The Balaban J connectivity index is 1.56. The molecule has 0 bridgehead atoms. The molecular weight excluding hydrogens is 260 g/mol. The van der Waals surface area contributed by atoms with Crippen LogP contribution in [-0.4, -0.2) is 51.1 Å². The fourth-order valence-electron chi connectivity index (χ4n) is 2.00. The molecule has 2 N–H and O–H groups in total. The normalized spacial score (nSPS) is 16.2. The van der Waals surface area contributed by atoms with Crippen LogP contribution < -0.4 is 10.2 Å². The Hall–Kier alpha value is -1.04. The molecule has 0 radical (unpaired) electrons. The predicted octanol–water partition coefficient (Wildman–Crippen LogP) is -0.190. The average Bonchev–Trinajstić information content (AvgIpc) is 2.46. The van der Waals surface area contributed by atoms with Crippen LogP contribution in [0.5, 0.6) is 0 Å². The van der Waals surface area contributed by atoms with Crippen LogP contribution in [-0.2, 0) is 9.53 Å². The van der Waals surface area contributed by atoms with E-state index in [-0.39, 0.29) is 5.91 Å². The van der Waals surface area contributed by atoms with Crippen LogP contribution in [0.2, 0.25) is 0 Å². The highest BCUT2D eigenvalue weighted by atomic mass is 32.2. The maximum atomic E-state index is 11.7. The molecule has 1 saturated heterocycles. The average molecular weight is 281 g/mol. The fraction of sp³-hybridized carbons (Fsp3) is 0.500. The molecule has 1 aromatic carbocycles. The summed E-state index contributed by atoms with van der Waals surface area (Å²) in [4.78, 5) is 14.3. The van der Waals surface area contributed by atoms with E-state index in [9.17, 15) is 4.79 Å². The number of ether oxygens (including phenoxy) is 1. The number of thioether (sulfide) groups is 1. The third kappa shape index (κ3) is 5.63. The molecule has 1 aliphatic heterocycles. The van der Waals surface area contributed by atoms with Crippen molar-refractivity contribution in [1.82, 2.24) is 5.32 Å². The topological polar surface area (TPSA) is 42.8 Å². The molecule has 19 heavy (non-hydrogen) atoms. The number of carbonyl (C=O) groups excluding carboxylic acids is 1. The minimum absolute atomic E-state index is 0.144. The molecule has 4 nitrogen and oxygen atoms in total. The van der Waals surface area contributed by atoms with E-state index in [1.165, 1.54) is 9.80 Å². The fourth-order valence-corrected chi connectivity index (χ4v) is 2.79. The first kappa shape index (κ1) is 14.4. The van der Waals surface area contributed by atoms with Gasteiger partial charge in [-0.15, -0.1) is 11.8 Å². The van der Waals surface area contributed by atoms with Crippen LogP contribution in [0, 0.1) is 0 Å². The Kier molecular flexibility index (Phi) is 6.20. The van der Waals surface area contributed by atoms with Crippen LogP contribution in [0.1, 0.15) is 0 Å². The second kappa shape index (κ2) is 8.19. The summed E-state index contributed by atoms with van der Waals surface area (Å²) in [6.45, 7) is 4.71. The second-order valence-corrected chi connectivity index (χ2v) is 5.72. The van der Waals surface area contributed by atoms with Crippen molar-refractivity contribution in [2.75, 3.05) is 45.1 Å². The van der Waals surface area contributed by atoms with Gasteiger partial charge in [0.25, 0.3) is 5.91 Å². The van der Waals surface area contributed by atoms with E-state index in [2.05, 4.69) is 17.4 Å². The van der Waals surface area contributed by atoms with E-state index in [1.54, 1.807) is 11.8 Å². The van der Waals surface area contributed by atoms with Crippen LogP contribution in [0.15, 0.2) is 35.2 Å². The predicted molar refractivity (Wildman–Crippen MR) is 76.6 cm³/mol. The first-order valence-corrected chi connectivity index (χ1v) is 7.69. The summed E-state index contributed by atoms with van der Waals surface area (Å²) in [5, 5.41) is 2.98. The molecular formula is C14H21N2O2S+. The summed E-state index contributed by atoms with van der Waals surface area (Å²) in [5.74, 6) is 1.05. The van der Waals surface area contributed by atoms with E-state index in [0.717, 1.165) is 38.6 Å². The van der Waals surface area contributed by atoms with Crippen molar-refractivity contribution >= 4 is 17.7 Å². The van der Waals surface area contributed by atoms with E-state index >= 15 is 0 Å². The maximum absolute atomic E-state index is 11.7. The lowest BCUT2D eigenvalue weighted by Gasteiger charge is -2.23. The number of hydrogen-bond acceptors (Lipinski definition) is 3. The summed E-state index contributed by atoms with van der Waals surface area (Å²) in [7, 11) is 0. The minimum Gasteiger partial charge on any atom is -0.370 e. The van der Waals surface area contributed by atoms with Gasteiger partial charge < -0.3 is 15.0 Å². The largest absolute Gasteiger partial charge is 0.370 e. The number of hydrogen-bond donors (Lipinski definition) is 2. The van der Waals surface area contributed by atoms with E-state index < -0.39 is 0 Å². The van der Waals surface area contributed by atoms with Gasteiger partial charge in [-0.1, -0.05) is 18.2 Å². The zero-order chi connectivity index (χ0) is 13.3. The van der Waals surface area contributed by atoms with Crippen molar-refractivity contribution in [2.45, 2.75) is 4.90 Å². The van der Waals surface area contributed by atoms with Crippen molar-refractivity contribution in [3.63, 3.8) is 0 Å². The molecule has 5 heteroatoms. The quantitative estimate of drug-likeness (QED) is 0.561. The molecule has 1 amide bonds. The Bertz CT molecular complexity index is 380. The van der Waals surface area contributed by atoms with Crippen LogP contribution in [0.4, 0.5) is 0 Å². The van der Waals surface area contributed by atoms with Gasteiger partial charge in [0, 0.05) is 17.2 Å². The highest BCUT2D eigenvalue weighted by molar-refractivity contribution is 7.99. The minimum atomic E-state index is 0.144. The van der Waals surface area contributed by atoms with E-state index in [0.29, 0.717) is 6.54 Å². The number of carbonyl (C=O) groups is 1. The van der Waals surface area contributed by atoms with Gasteiger partial charge in [-0.25, -0.2) is 0 Å². The number of morpholine rings is 1. The standard InChI is InChI=1S/C14H20N2O2S/c17-14(12-16-7-9-18-10-8-16)15-6-11-19-13-4-2-1-3-5-13/h1-5H,6-12H2,(H,15,17)/p+1. The van der Waals surface area contributed by atoms with Gasteiger partial charge in [0.2, 0.25) is 0 Å². The number of nitrogens with one attached hydrogen (secondary N) is 2. The SMILES string of the molecule is O=C(C[NH+]1CCOCC1)NCCSc1ccccc1. The Morgan fingerprint density at radius 3 is 2.74 bits per heavy atom. The molecule has 1 fully saturated rings. The summed E-state index contributed by atoms with van der Waals surface area (Å²) < 4.78 is 5.27. The molecule has 1 aliphatic rings. The van der Waals surface area contributed by atoms with Gasteiger partial charge in [0.1, 0.15) is 13.1 Å². The number of amides is 1. The Labute approximate surface area is 118 Å². The Morgan fingerprint density at radius 1 is 1.26 bits per heavy atom. The van der Waals surface area contributed by atoms with Crippen LogP contribution in [0.25, 0.3) is 0 Å². The van der Waals surface area contributed by atoms with Gasteiger partial charge >= 0.3 is 0 Å². The molecule has 2 rings (SSSR count). The highest BCUT2D eigenvalue weighted by Gasteiger charge is 2.16. The number of quaternary nitrogens is 1. The first-order chi connectivity index (χ1) is 9.34. The molecule has 1 aromatic rings. The third-order valence-electron chi connectivity index (χ3n) is 3.05. The molecule has 0 aromatic heterocycles. The van der Waals surface area contributed by atoms with E-state index in [1.807, 2.05) is 18.2 Å². The molecule has 0 atom stereocenters. The highest BCUT2D eigenvalue weighted by Crippen LogP contribution is 2.15. The molecule has 0 saturated carbocycles. The molecule has 0 unspecified atom stereocenters. The van der Waals surface area contributed by atoms with Gasteiger partial charge in [0.05, 0.1) is 13.2 Å². The maximum Gasteiger partial charge on any atom is 0.275 e. The van der Waals surface area contributed by atoms with Crippen LogP contribution in [0.3, 0.4) is 0 Å². The summed E-state index contributed by atoms with van der Waals surface area (Å²) >= 11 is 1.77. The van der Waals surface area contributed by atoms with E-state index in [4.69, 9.17) is 4.74 Å². The lowest BCUT2D eigenvalue weighted by atomic mass is 10.4. The van der Waals surface area contributed by atoms with Crippen molar-refractivity contribution in [3.8, 4) is 0 Å². The van der Waals surface area contributed by atoms with Crippen molar-refractivity contribution in [2.24, 2.45) is 0 Å². The van der Waals surface area contributed by atoms with Crippen molar-refractivity contribution in [1.29, 1.82) is 0 Å². The monoisotopic (exact) mass is 281 g/mol. The molecule has 0 spiro atoms. The van der Waals surface area contributed by atoms with Gasteiger partial charge in [-0.3, -0.25) is 4.79 Å². The first-order valence-electron chi connectivity index (χ1n) is 6.70. The summed E-state index contributed by atoms with van der Waals surface area (Å²) in [5.41, 5.74) is 0. The smallest absolute Gasteiger partial charge is 0.275 e.